The fourth-order valence-corrected chi connectivity index (χ4v) is 5.40. The molecule has 1 amide bonds. The molecule has 2 atom stereocenters. The lowest BCUT2D eigenvalue weighted by Gasteiger charge is -2.38. The van der Waals surface area contributed by atoms with Crippen LogP contribution in [0.4, 0.5) is 15.8 Å². The van der Waals surface area contributed by atoms with Crippen molar-refractivity contribution in [1.82, 2.24) is 25.1 Å². The summed E-state index contributed by atoms with van der Waals surface area (Å²) < 4.78 is 27.5. The van der Waals surface area contributed by atoms with Gasteiger partial charge in [-0.1, -0.05) is 6.92 Å². The minimum atomic E-state index is -0.503. The third kappa shape index (κ3) is 4.99. The maximum absolute atomic E-state index is 14.7. The van der Waals surface area contributed by atoms with Crippen LogP contribution in [0.1, 0.15) is 31.1 Å². The maximum Gasteiger partial charge on any atom is 0.316 e. The van der Waals surface area contributed by atoms with Crippen molar-refractivity contribution in [3.63, 3.8) is 0 Å². The number of amides is 1. The Morgan fingerprint density at radius 1 is 1.23 bits per heavy atom. The first-order valence-electron chi connectivity index (χ1n) is 13.1. The van der Waals surface area contributed by atoms with E-state index in [1.54, 1.807) is 31.6 Å². The monoisotopic (exact) mass is 533 g/mol. The predicted molar refractivity (Wildman–Crippen MR) is 147 cm³/mol. The molecule has 0 aliphatic carbocycles. The summed E-state index contributed by atoms with van der Waals surface area (Å²) in [5.41, 5.74) is 2.29. The molecule has 204 valence electrons. The molecule has 2 N–H and O–H groups in total. The van der Waals surface area contributed by atoms with E-state index in [1.807, 2.05) is 6.07 Å². The molecule has 11 heteroatoms. The van der Waals surface area contributed by atoms with Crippen molar-refractivity contribution < 1.29 is 18.7 Å². The second-order valence-electron chi connectivity index (χ2n) is 11.2. The second kappa shape index (κ2) is 9.73. The second-order valence-corrected chi connectivity index (χ2v) is 11.2. The summed E-state index contributed by atoms with van der Waals surface area (Å²) in [6.07, 6.45) is 3.43. The van der Waals surface area contributed by atoms with Gasteiger partial charge < -0.3 is 25.0 Å². The van der Waals surface area contributed by atoms with Crippen molar-refractivity contribution in [3.05, 3.63) is 48.0 Å². The molecule has 0 spiro atoms. The number of halogens is 1. The summed E-state index contributed by atoms with van der Waals surface area (Å²) in [6, 6.07) is 7.49. The van der Waals surface area contributed by atoms with Gasteiger partial charge in [-0.2, -0.15) is 10.1 Å². The number of carbonyl (C=O) groups is 1. The van der Waals surface area contributed by atoms with Crippen molar-refractivity contribution >= 4 is 39.1 Å². The summed E-state index contributed by atoms with van der Waals surface area (Å²) in [5, 5.41) is 11.9. The Morgan fingerprint density at radius 3 is 2.72 bits per heavy atom. The van der Waals surface area contributed by atoms with Crippen LogP contribution in [0.5, 0.6) is 6.01 Å². The number of aromatic nitrogens is 4. The quantitative estimate of drug-likeness (QED) is 0.388. The van der Waals surface area contributed by atoms with E-state index in [0.29, 0.717) is 54.1 Å². The zero-order valence-corrected chi connectivity index (χ0v) is 22.5. The molecule has 0 bridgehead atoms. The lowest BCUT2D eigenvalue weighted by molar-refractivity contribution is -0.121. The molecule has 0 unspecified atom stereocenters. The van der Waals surface area contributed by atoms with Gasteiger partial charge >= 0.3 is 6.01 Å². The van der Waals surface area contributed by atoms with Gasteiger partial charge in [-0.15, -0.1) is 0 Å². The SMILES string of the molecule is C[C@@H]1CN(c2ccc(C(=O)Nc3cc(F)c4nn(C)cc4c3)c3nc(OCC4(C)COC4)ncc23)C[C@@H](C)N1. The highest BCUT2D eigenvalue weighted by molar-refractivity contribution is 6.14. The fraction of sp³-hybridized carbons (Fsp3) is 0.429. The van der Waals surface area contributed by atoms with Gasteiger partial charge in [-0.3, -0.25) is 9.48 Å². The van der Waals surface area contributed by atoms with E-state index in [9.17, 15) is 9.18 Å². The fourth-order valence-electron chi connectivity index (χ4n) is 5.40. The van der Waals surface area contributed by atoms with E-state index in [0.717, 1.165) is 24.2 Å². The van der Waals surface area contributed by atoms with Crippen molar-refractivity contribution in [2.24, 2.45) is 12.5 Å². The topological polar surface area (TPSA) is 106 Å². The third-order valence-corrected chi connectivity index (χ3v) is 7.23. The largest absolute Gasteiger partial charge is 0.463 e. The number of benzene rings is 2. The van der Waals surface area contributed by atoms with Crippen LogP contribution in [0, 0.1) is 11.2 Å². The van der Waals surface area contributed by atoms with Crippen LogP contribution in [0.3, 0.4) is 0 Å². The van der Waals surface area contributed by atoms with Crippen LogP contribution >= 0.6 is 0 Å². The van der Waals surface area contributed by atoms with Crippen molar-refractivity contribution in [1.29, 1.82) is 0 Å². The zero-order chi connectivity index (χ0) is 27.3. The summed E-state index contributed by atoms with van der Waals surface area (Å²) in [7, 11) is 1.73. The van der Waals surface area contributed by atoms with Gasteiger partial charge in [0.05, 0.1) is 24.3 Å². The molecule has 2 aromatic heterocycles. The Kier molecular flexibility index (Phi) is 6.35. The van der Waals surface area contributed by atoms with Crippen LogP contribution in [0.2, 0.25) is 0 Å². The van der Waals surface area contributed by atoms with Crippen LogP contribution in [-0.2, 0) is 11.8 Å². The number of anilines is 2. The Hall–Kier alpha value is -3.83. The summed E-state index contributed by atoms with van der Waals surface area (Å²) in [5.74, 6) is -0.905. The van der Waals surface area contributed by atoms with Gasteiger partial charge in [-0.25, -0.2) is 9.37 Å². The van der Waals surface area contributed by atoms with Gasteiger partial charge in [0, 0.05) is 72.2 Å². The van der Waals surface area contributed by atoms with E-state index in [2.05, 4.69) is 46.4 Å². The molecule has 2 aromatic carbocycles. The third-order valence-electron chi connectivity index (χ3n) is 7.23. The van der Waals surface area contributed by atoms with E-state index in [1.165, 1.54) is 10.7 Å². The lowest BCUT2D eigenvalue weighted by atomic mass is 9.90. The van der Waals surface area contributed by atoms with E-state index in [-0.39, 0.29) is 16.9 Å². The summed E-state index contributed by atoms with van der Waals surface area (Å²) >= 11 is 0. The Balaban J connectivity index is 1.37. The Bertz CT molecular complexity index is 1560. The predicted octanol–water partition coefficient (Wildman–Crippen LogP) is 3.51. The molecular formula is C28H32FN7O3. The smallest absolute Gasteiger partial charge is 0.316 e. The molecule has 2 aliphatic rings. The first kappa shape index (κ1) is 25.4. The minimum absolute atomic E-state index is 0.0809. The van der Waals surface area contributed by atoms with Gasteiger partial charge in [0.15, 0.2) is 5.82 Å². The van der Waals surface area contributed by atoms with Crippen LogP contribution in [-0.4, -0.2) is 70.6 Å². The average molecular weight is 534 g/mol. The summed E-state index contributed by atoms with van der Waals surface area (Å²) in [4.78, 5) is 25.0. The highest BCUT2D eigenvalue weighted by atomic mass is 19.1. The molecule has 2 fully saturated rings. The summed E-state index contributed by atoms with van der Waals surface area (Å²) in [6.45, 7) is 9.66. The number of rotatable bonds is 6. The van der Waals surface area contributed by atoms with Crippen LogP contribution in [0.25, 0.3) is 21.8 Å². The van der Waals surface area contributed by atoms with Gasteiger partial charge in [-0.05, 0) is 38.1 Å². The molecule has 4 aromatic rings. The normalized spacial score (nSPS) is 20.7. The van der Waals surface area contributed by atoms with Gasteiger partial charge in [0.1, 0.15) is 12.1 Å². The number of aryl methyl sites for hydroxylation is 1. The molecule has 10 nitrogen and oxygen atoms in total. The molecule has 0 saturated carbocycles. The minimum Gasteiger partial charge on any atom is -0.463 e. The highest BCUT2D eigenvalue weighted by Crippen LogP contribution is 2.32. The first-order chi connectivity index (χ1) is 18.7. The number of nitrogens with zero attached hydrogens (tertiary/aromatic N) is 5. The molecule has 2 aliphatic heterocycles. The number of nitrogens with one attached hydrogen (secondary N) is 2. The van der Waals surface area contributed by atoms with Crippen molar-refractivity contribution in [2.75, 3.05) is 43.1 Å². The molecule has 0 radical (unpaired) electrons. The molecule has 2 saturated heterocycles. The van der Waals surface area contributed by atoms with Crippen molar-refractivity contribution in [3.8, 4) is 6.01 Å². The molecule has 4 heterocycles. The number of fused-ring (bicyclic) bond motifs is 2. The standard InChI is InChI=1S/C28H32FN7O3/c1-16-10-36(11-17(2)31-16)23-6-5-20(25-21(23)9-30-27(33-25)39-15-28(3)13-38-14-28)26(37)32-19-7-18-12-35(4)34-24(18)22(29)8-19/h5-9,12,16-17,31H,10-11,13-15H2,1-4H3,(H,32,37)/t16-,17-/m1/s1. The Labute approximate surface area is 225 Å². The first-order valence-corrected chi connectivity index (χ1v) is 13.1. The number of piperazine rings is 1. The molecular weight excluding hydrogens is 501 g/mol. The molecule has 6 rings (SSSR count). The van der Waals surface area contributed by atoms with Crippen LogP contribution in [0.15, 0.2) is 36.7 Å². The zero-order valence-electron chi connectivity index (χ0n) is 22.5. The van der Waals surface area contributed by atoms with Gasteiger partial charge in [0.25, 0.3) is 5.91 Å². The van der Waals surface area contributed by atoms with Crippen LogP contribution < -0.4 is 20.3 Å². The van der Waals surface area contributed by atoms with E-state index in [4.69, 9.17) is 14.5 Å². The number of ether oxygens (including phenoxy) is 2. The lowest BCUT2D eigenvalue weighted by Crippen LogP contribution is -2.54. The maximum atomic E-state index is 14.7. The van der Waals surface area contributed by atoms with E-state index < -0.39 is 11.7 Å². The van der Waals surface area contributed by atoms with E-state index >= 15 is 0 Å². The number of hydrogen-bond donors (Lipinski definition) is 2. The Morgan fingerprint density at radius 2 is 2.00 bits per heavy atom. The number of carbonyl (C=O) groups excluding carboxylic acids is 1. The number of hydrogen-bond acceptors (Lipinski definition) is 8. The van der Waals surface area contributed by atoms with Gasteiger partial charge in [0.2, 0.25) is 0 Å². The molecule has 39 heavy (non-hydrogen) atoms. The van der Waals surface area contributed by atoms with Crippen molar-refractivity contribution in [2.45, 2.75) is 32.9 Å². The average Bonchev–Trinajstić information content (AvgIpc) is 3.25. The highest BCUT2D eigenvalue weighted by Gasteiger charge is 2.34.